The molecule has 0 aliphatic carbocycles. The first-order chi connectivity index (χ1) is 34.1. The molecule has 71 heavy (non-hydrogen) atoms. The van der Waals surface area contributed by atoms with Gasteiger partial charge in [-0.25, -0.2) is 13.9 Å². The molecule has 1 aliphatic heterocycles. The van der Waals surface area contributed by atoms with Crippen molar-refractivity contribution in [1.29, 1.82) is 0 Å². The molecule has 1 aromatic heterocycles. The van der Waals surface area contributed by atoms with Crippen LogP contribution in [-0.4, -0.2) is 96.9 Å². The van der Waals surface area contributed by atoms with E-state index in [0.717, 1.165) is 75.0 Å². The molecule has 0 radical (unpaired) electrons. The Morgan fingerprint density at radius 2 is 1.32 bits per heavy atom. The Hall–Kier alpha value is -4.36. The van der Waals surface area contributed by atoms with Crippen molar-refractivity contribution < 1.29 is 71.4 Å². The van der Waals surface area contributed by atoms with Gasteiger partial charge in [-0.05, 0) is 83.1 Å². The minimum Gasteiger partial charge on any atom is -0.462 e. The average Bonchev–Trinajstić information content (AvgIpc) is 3.60. The molecule has 19 nitrogen and oxygen atoms in total. The molecule has 1 aromatic rings. The number of allylic oxidation sites excluding steroid dienone is 14. The summed E-state index contributed by atoms with van der Waals surface area (Å²) in [5.74, 6) is -1.44. The Kier molecular flexibility index (Phi) is 33.1. The maximum atomic E-state index is 12.8. The number of aromatic nitrogens is 2. The number of rotatable bonds is 38. The molecule has 0 bridgehead atoms. The summed E-state index contributed by atoms with van der Waals surface area (Å²) in [6.45, 7) is 1.75. The third kappa shape index (κ3) is 30.3. The summed E-state index contributed by atoms with van der Waals surface area (Å²) in [5.41, 5.74) is 4.57. The molecule has 0 amide bonds. The van der Waals surface area contributed by atoms with Crippen molar-refractivity contribution in [3.05, 3.63) is 120 Å². The van der Waals surface area contributed by atoms with Crippen LogP contribution in [-0.2, 0) is 46.3 Å². The lowest BCUT2D eigenvalue weighted by molar-refractivity contribution is -0.161. The first-order valence-corrected chi connectivity index (χ1v) is 27.3. The zero-order valence-corrected chi connectivity index (χ0v) is 42.9. The van der Waals surface area contributed by atoms with Crippen molar-refractivity contribution in [2.75, 3.05) is 25.6 Å². The Balaban J connectivity index is 1.86. The number of aliphatic hydroxyl groups is 3. The van der Waals surface area contributed by atoms with Gasteiger partial charge >= 0.3 is 33.3 Å². The number of nitrogen functional groups attached to an aromatic ring is 1. The van der Waals surface area contributed by atoms with Crippen molar-refractivity contribution in [1.82, 2.24) is 9.55 Å². The molecular weight excluding hydrogens is 961 g/mol. The van der Waals surface area contributed by atoms with Crippen LogP contribution in [0.4, 0.5) is 5.82 Å². The fourth-order valence-corrected chi connectivity index (χ4v) is 8.61. The summed E-state index contributed by atoms with van der Waals surface area (Å²) in [6.07, 6.45) is 36.7. The highest BCUT2D eigenvalue weighted by Crippen LogP contribution is 2.60. The van der Waals surface area contributed by atoms with Gasteiger partial charge in [0.2, 0.25) is 0 Å². The average molecular weight is 1040 g/mol. The normalized spacial score (nSPS) is 20.4. The Bertz CT molecular complexity index is 2080. The number of carbonyl (C=O) groups is 2. The van der Waals surface area contributed by atoms with E-state index in [4.69, 9.17) is 29.0 Å². The monoisotopic (exact) mass is 1040 g/mol. The van der Waals surface area contributed by atoms with Gasteiger partial charge < -0.3 is 45.1 Å². The predicted octanol–water partition coefficient (Wildman–Crippen LogP) is 8.63. The molecule has 1 saturated heterocycles. The summed E-state index contributed by atoms with van der Waals surface area (Å²) in [7, 11) is -10.9. The van der Waals surface area contributed by atoms with Crippen LogP contribution in [0.2, 0.25) is 0 Å². The SMILES string of the molecule is CC/C=C\C/C=C\C/C=C\CCCCCCCC(=O)O[C@H](COC(=O)CCC/C=C\C/C=C\C=C\C(O)C/C=C\C/C=C\CC)COP(=O)(O)OP(=O)(O)OC[C@H]1O[C@@H](n2ccc(N)nc2=O)[C@H](O)[C@@H]1O. The fraction of sp³-hybridized carbons (Fsp3) is 0.560. The largest absolute Gasteiger partial charge is 0.481 e. The summed E-state index contributed by atoms with van der Waals surface area (Å²) in [4.78, 5) is 61.8. The summed E-state index contributed by atoms with van der Waals surface area (Å²) >= 11 is 0. The number of esters is 2. The molecule has 1 aliphatic rings. The number of nitrogens with two attached hydrogens (primary N) is 1. The topological polar surface area (TPSA) is 286 Å². The predicted molar refractivity (Wildman–Crippen MR) is 271 cm³/mol. The summed E-state index contributed by atoms with van der Waals surface area (Å²) in [5, 5.41) is 31.0. The number of nitrogens with zero attached hydrogens (tertiary/aromatic N) is 2. The summed E-state index contributed by atoms with van der Waals surface area (Å²) < 4.78 is 56.6. The highest BCUT2D eigenvalue weighted by molar-refractivity contribution is 7.61. The van der Waals surface area contributed by atoms with E-state index in [-0.39, 0.29) is 18.7 Å². The minimum absolute atomic E-state index is 0.00000394. The van der Waals surface area contributed by atoms with E-state index < -0.39 is 89.8 Å². The van der Waals surface area contributed by atoms with Crippen LogP contribution in [0.3, 0.4) is 0 Å². The Labute approximate surface area is 418 Å². The van der Waals surface area contributed by atoms with Crippen LogP contribution in [0.15, 0.2) is 114 Å². The number of hydrogen-bond donors (Lipinski definition) is 6. The van der Waals surface area contributed by atoms with Crippen LogP contribution in [0, 0.1) is 0 Å². The van der Waals surface area contributed by atoms with E-state index in [1.165, 1.54) is 6.07 Å². The van der Waals surface area contributed by atoms with Gasteiger partial charge in [0.1, 0.15) is 30.7 Å². The van der Waals surface area contributed by atoms with Gasteiger partial charge in [0.15, 0.2) is 12.3 Å². The van der Waals surface area contributed by atoms with Crippen LogP contribution < -0.4 is 11.4 Å². The van der Waals surface area contributed by atoms with E-state index in [0.29, 0.717) is 32.1 Å². The maximum absolute atomic E-state index is 12.8. The van der Waals surface area contributed by atoms with Crippen molar-refractivity contribution in [3.63, 3.8) is 0 Å². The number of phosphoric acid groups is 2. The van der Waals surface area contributed by atoms with Crippen LogP contribution in [0.5, 0.6) is 0 Å². The second kappa shape index (κ2) is 37.4. The molecule has 21 heteroatoms. The second-order valence-electron chi connectivity index (χ2n) is 16.4. The highest BCUT2D eigenvalue weighted by atomic mass is 31.3. The molecule has 0 spiro atoms. The third-order valence-corrected chi connectivity index (χ3v) is 12.8. The van der Waals surface area contributed by atoms with Crippen molar-refractivity contribution in [2.45, 2.75) is 160 Å². The van der Waals surface area contributed by atoms with Crippen molar-refractivity contribution in [3.8, 4) is 0 Å². The minimum atomic E-state index is -5.45. The van der Waals surface area contributed by atoms with E-state index in [2.05, 4.69) is 71.8 Å². The van der Waals surface area contributed by atoms with Gasteiger partial charge in [-0.3, -0.25) is 23.2 Å². The zero-order valence-electron chi connectivity index (χ0n) is 41.1. The van der Waals surface area contributed by atoms with Crippen molar-refractivity contribution in [2.24, 2.45) is 0 Å². The lowest BCUT2D eigenvalue weighted by Gasteiger charge is -2.21. The van der Waals surface area contributed by atoms with Gasteiger partial charge in [-0.15, -0.1) is 0 Å². The molecular formula is C50H77N3O16P2. The first kappa shape index (κ1) is 62.8. The lowest BCUT2D eigenvalue weighted by atomic mass is 10.1. The van der Waals surface area contributed by atoms with Crippen LogP contribution in [0.1, 0.15) is 129 Å². The standard InChI is InChI=1S/C50H77N3O16P2/c1-3-5-7-9-11-12-13-14-15-16-17-18-23-27-31-35-46(56)67-42(38-64-45(55)34-30-26-22-20-19-21-25-29-33-41(54)32-28-24-10-8-6-4-2)39-65-70(60,61)69-71(62,63)66-40-43-47(57)48(58)49(68-43)53-37-36-44(51)52-50(53)59/h5-8,11-12,14-15,20-22,24-25,28-29,33,36-37,41-43,47-49,54,57-58H,3-4,9-10,13,16-19,23,26-27,30-32,34-35,38-40H2,1-2H3,(H,60,61)(H,62,63)(H2,51,52,59)/b7-5-,8-6-,12-11-,15-14-,22-20-,25-21-,28-24-,33-29+/t41?,42-,43-,47-,48-,49-/m1/s1. The smallest absolute Gasteiger partial charge is 0.462 e. The van der Waals surface area contributed by atoms with Gasteiger partial charge in [-0.1, -0.05) is 130 Å². The number of hydrogen-bond acceptors (Lipinski definition) is 16. The van der Waals surface area contributed by atoms with Gasteiger partial charge in [0.25, 0.3) is 0 Å². The molecule has 2 rings (SSSR count). The molecule has 1 fully saturated rings. The number of ether oxygens (including phenoxy) is 3. The lowest BCUT2D eigenvalue weighted by Crippen LogP contribution is -2.36. The van der Waals surface area contributed by atoms with Crippen LogP contribution >= 0.6 is 15.6 Å². The highest BCUT2D eigenvalue weighted by Gasteiger charge is 2.46. The Morgan fingerprint density at radius 3 is 2.00 bits per heavy atom. The molecule has 398 valence electrons. The van der Waals surface area contributed by atoms with Gasteiger partial charge in [0, 0.05) is 19.0 Å². The zero-order chi connectivity index (χ0) is 52.2. The molecule has 0 saturated carbocycles. The number of phosphoric ester groups is 2. The fourth-order valence-electron chi connectivity index (χ4n) is 6.50. The van der Waals surface area contributed by atoms with E-state index >= 15 is 0 Å². The van der Waals surface area contributed by atoms with E-state index in [9.17, 15) is 48.6 Å². The van der Waals surface area contributed by atoms with E-state index in [1.807, 2.05) is 36.5 Å². The second-order valence-corrected chi connectivity index (χ2v) is 19.4. The number of unbranched alkanes of at least 4 members (excludes halogenated alkanes) is 6. The number of carbonyl (C=O) groups excluding carboxylic acids is 2. The number of aliphatic hydroxyl groups excluding tert-OH is 3. The maximum Gasteiger partial charge on any atom is 0.481 e. The molecule has 3 unspecified atom stereocenters. The van der Waals surface area contributed by atoms with Gasteiger partial charge in [-0.2, -0.15) is 9.29 Å². The number of anilines is 1. The van der Waals surface area contributed by atoms with Crippen LogP contribution in [0.25, 0.3) is 0 Å². The molecule has 0 aromatic carbocycles. The molecule has 2 heterocycles. The molecule has 8 atom stereocenters. The summed E-state index contributed by atoms with van der Waals surface area (Å²) in [6, 6.07) is 1.24. The van der Waals surface area contributed by atoms with Crippen molar-refractivity contribution >= 4 is 33.4 Å². The van der Waals surface area contributed by atoms with E-state index in [1.54, 1.807) is 12.2 Å². The molecule has 7 N–H and O–H groups in total. The first-order valence-electron chi connectivity index (χ1n) is 24.4. The Morgan fingerprint density at radius 1 is 0.746 bits per heavy atom. The van der Waals surface area contributed by atoms with Gasteiger partial charge in [0.05, 0.1) is 19.3 Å². The quantitative estimate of drug-likeness (QED) is 0.0119. The third-order valence-electron chi connectivity index (χ3n) is 10.2.